The topological polar surface area (TPSA) is 54.0 Å². The number of amides is 1. The second-order valence-corrected chi connectivity index (χ2v) is 3.69. The highest BCUT2D eigenvalue weighted by Crippen LogP contribution is 2.28. The van der Waals surface area contributed by atoms with Gasteiger partial charge in [-0.2, -0.15) is 0 Å². The molecule has 0 fully saturated rings. The molecule has 0 radical (unpaired) electrons. The Morgan fingerprint density at radius 1 is 1.67 bits per heavy atom. The minimum absolute atomic E-state index is 0.0133. The van der Waals surface area contributed by atoms with Gasteiger partial charge in [-0.25, -0.2) is 0 Å². The molecular formula is C11H15N3O. The van der Waals surface area contributed by atoms with Crippen molar-refractivity contribution in [3.05, 3.63) is 29.6 Å². The lowest BCUT2D eigenvalue weighted by molar-refractivity contribution is -0.119. The third-order valence-corrected chi connectivity index (χ3v) is 2.75. The van der Waals surface area contributed by atoms with E-state index in [9.17, 15) is 4.79 Å². The van der Waals surface area contributed by atoms with Crippen LogP contribution in [0.25, 0.3) is 0 Å². The number of carbonyl (C=O) groups is 1. The number of hydrogen-bond donors (Lipinski definition) is 2. The summed E-state index contributed by atoms with van der Waals surface area (Å²) in [6.45, 7) is 0.358. The van der Waals surface area contributed by atoms with Gasteiger partial charge in [-0.05, 0) is 24.5 Å². The molecule has 1 unspecified atom stereocenters. The molecule has 4 nitrogen and oxygen atoms in total. The number of hydrogen-bond acceptors (Lipinski definition) is 3. The lowest BCUT2D eigenvalue weighted by Crippen LogP contribution is -2.33. The summed E-state index contributed by atoms with van der Waals surface area (Å²) in [5, 5.41) is 5.80. The van der Waals surface area contributed by atoms with E-state index >= 15 is 0 Å². The van der Waals surface area contributed by atoms with E-state index < -0.39 is 0 Å². The Morgan fingerprint density at radius 3 is 3.33 bits per heavy atom. The van der Waals surface area contributed by atoms with Crippen molar-refractivity contribution in [2.75, 3.05) is 13.6 Å². The van der Waals surface area contributed by atoms with Gasteiger partial charge in [0.05, 0.1) is 18.3 Å². The Labute approximate surface area is 89.1 Å². The quantitative estimate of drug-likeness (QED) is 0.751. The summed E-state index contributed by atoms with van der Waals surface area (Å²) in [6, 6.07) is 4.29. The van der Waals surface area contributed by atoms with Crippen LogP contribution in [0.2, 0.25) is 0 Å². The lowest BCUT2D eigenvalue weighted by atomic mass is 10.2. The summed E-state index contributed by atoms with van der Waals surface area (Å²) >= 11 is 0. The highest BCUT2D eigenvalue weighted by molar-refractivity contribution is 5.77. The zero-order valence-electron chi connectivity index (χ0n) is 8.79. The van der Waals surface area contributed by atoms with Crippen LogP contribution in [0.1, 0.15) is 23.7 Å². The van der Waals surface area contributed by atoms with Crippen molar-refractivity contribution >= 4 is 5.91 Å². The van der Waals surface area contributed by atoms with Crippen LogP contribution >= 0.6 is 0 Å². The van der Waals surface area contributed by atoms with Crippen LogP contribution in [0.4, 0.5) is 0 Å². The van der Waals surface area contributed by atoms with E-state index in [1.165, 1.54) is 5.56 Å². The van der Waals surface area contributed by atoms with Gasteiger partial charge in [-0.1, -0.05) is 6.07 Å². The molecule has 15 heavy (non-hydrogen) atoms. The van der Waals surface area contributed by atoms with Crippen LogP contribution in [0.15, 0.2) is 18.3 Å². The molecule has 1 aliphatic rings. The number of pyridine rings is 1. The Kier molecular flexibility index (Phi) is 2.97. The first kappa shape index (κ1) is 10.1. The fraction of sp³-hybridized carbons (Fsp3) is 0.455. The number of aromatic nitrogens is 1. The van der Waals surface area contributed by atoms with E-state index in [0.717, 1.165) is 18.5 Å². The third-order valence-electron chi connectivity index (χ3n) is 2.75. The van der Waals surface area contributed by atoms with E-state index in [0.29, 0.717) is 6.54 Å². The van der Waals surface area contributed by atoms with Crippen molar-refractivity contribution in [2.24, 2.45) is 0 Å². The highest BCUT2D eigenvalue weighted by atomic mass is 16.1. The molecular weight excluding hydrogens is 190 g/mol. The maximum atomic E-state index is 11.1. The van der Waals surface area contributed by atoms with Crippen molar-refractivity contribution in [3.63, 3.8) is 0 Å². The molecule has 2 N–H and O–H groups in total. The van der Waals surface area contributed by atoms with Gasteiger partial charge < -0.3 is 10.6 Å². The molecule has 0 saturated carbocycles. The number of aryl methyl sites for hydroxylation is 1. The first-order chi connectivity index (χ1) is 7.31. The van der Waals surface area contributed by atoms with Crippen molar-refractivity contribution in [1.29, 1.82) is 0 Å². The van der Waals surface area contributed by atoms with E-state index in [-0.39, 0.29) is 11.9 Å². The Balaban J connectivity index is 1.99. The number of fused-ring (bicyclic) bond motifs is 1. The molecule has 80 valence electrons. The molecule has 0 saturated heterocycles. The van der Waals surface area contributed by atoms with Crippen molar-refractivity contribution in [2.45, 2.75) is 18.9 Å². The van der Waals surface area contributed by atoms with Gasteiger partial charge in [0.25, 0.3) is 0 Å². The van der Waals surface area contributed by atoms with E-state index in [1.807, 2.05) is 6.07 Å². The van der Waals surface area contributed by atoms with E-state index in [1.54, 1.807) is 13.2 Å². The molecule has 0 spiro atoms. The number of likely N-dealkylation sites (N-methyl/N-ethyl adjacent to an activating group) is 1. The smallest absolute Gasteiger partial charge is 0.233 e. The largest absolute Gasteiger partial charge is 0.358 e. The summed E-state index contributed by atoms with van der Waals surface area (Å²) in [7, 11) is 1.64. The Hall–Kier alpha value is -1.42. The van der Waals surface area contributed by atoms with Crippen molar-refractivity contribution in [3.8, 4) is 0 Å². The summed E-state index contributed by atoms with van der Waals surface area (Å²) < 4.78 is 0. The first-order valence-electron chi connectivity index (χ1n) is 5.19. The number of rotatable bonds is 3. The Bertz CT molecular complexity index is 365. The summed E-state index contributed by atoms with van der Waals surface area (Å²) in [6.07, 6.45) is 3.89. The van der Waals surface area contributed by atoms with Crippen molar-refractivity contribution < 1.29 is 4.79 Å². The molecule has 2 rings (SSSR count). The molecule has 1 aromatic rings. The number of nitrogens with zero attached hydrogens (tertiary/aromatic N) is 1. The summed E-state index contributed by atoms with van der Waals surface area (Å²) in [5.74, 6) is 0.0133. The number of nitrogens with one attached hydrogen (secondary N) is 2. The maximum absolute atomic E-state index is 11.1. The molecule has 1 atom stereocenters. The van der Waals surface area contributed by atoms with Gasteiger partial charge in [0, 0.05) is 13.2 Å². The standard InChI is InChI=1S/C11H15N3O/c1-12-10(15)7-14-9-5-4-8-3-2-6-13-11(8)9/h2-3,6,9,14H,4-5,7H2,1H3,(H,12,15). The van der Waals surface area contributed by atoms with Crippen LogP contribution in [-0.2, 0) is 11.2 Å². The maximum Gasteiger partial charge on any atom is 0.233 e. The zero-order chi connectivity index (χ0) is 10.7. The monoisotopic (exact) mass is 205 g/mol. The summed E-state index contributed by atoms with van der Waals surface area (Å²) in [5.41, 5.74) is 2.40. The van der Waals surface area contributed by atoms with Gasteiger partial charge in [-0.3, -0.25) is 9.78 Å². The van der Waals surface area contributed by atoms with Gasteiger partial charge in [0.1, 0.15) is 0 Å². The normalized spacial score (nSPS) is 18.6. The van der Waals surface area contributed by atoms with Crippen LogP contribution < -0.4 is 10.6 Å². The van der Waals surface area contributed by atoms with Crippen LogP contribution in [0.3, 0.4) is 0 Å². The lowest BCUT2D eigenvalue weighted by Gasteiger charge is -2.11. The number of carbonyl (C=O) groups excluding carboxylic acids is 1. The van der Waals surface area contributed by atoms with E-state index in [2.05, 4.69) is 21.7 Å². The molecule has 1 aliphatic carbocycles. The zero-order valence-corrected chi connectivity index (χ0v) is 8.79. The van der Waals surface area contributed by atoms with Crippen LogP contribution in [0, 0.1) is 0 Å². The fourth-order valence-electron chi connectivity index (χ4n) is 1.92. The average molecular weight is 205 g/mol. The second-order valence-electron chi connectivity index (χ2n) is 3.69. The minimum Gasteiger partial charge on any atom is -0.358 e. The predicted octanol–water partition coefficient (Wildman–Crippen LogP) is 0.404. The molecule has 0 aliphatic heterocycles. The Morgan fingerprint density at radius 2 is 2.53 bits per heavy atom. The summed E-state index contributed by atoms with van der Waals surface area (Å²) in [4.78, 5) is 15.4. The molecule has 1 heterocycles. The first-order valence-corrected chi connectivity index (χ1v) is 5.19. The molecule has 1 aromatic heterocycles. The molecule has 1 amide bonds. The van der Waals surface area contributed by atoms with Crippen molar-refractivity contribution in [1.82, 2.24) is 15.6 Å². The molecule has 0 aromatic carbocycles. The SMILES string of the molecule is CNC(=O)CNC1CCc2cccnc21. The third kappa shape index (κ3) is 2.15. The van der Waals surface area contributed by atoms with Gasteiger partial charge >= 0.3 is 0 Å². The average Bonchev–Trinajstić information content (AvgIpc) is 2.69. The minimum atomic E-state index is 0.0133. The van der Waals surface area contributed by atoms with E-state index in [4.69, 9.17) is 0 Å². The predicted molar refractivity (Wildman–Crippen MR) is 57.4 cm³/mol. The van der Waals surface area contributed by atoms with Gasteiger partial charge in [0.15, 0.2) is 0 Å². The van der Waals surface area contributed by atoms with Gasteiger partial charge in [-0.15, -0.1) is 0 Å². The second kappa shape index (κ2) is 4.40. The fourth-order valence-corrected chi connectivity index (χ4v) is 1.92. The van der Waals surface area contributed by atoms with Gasteiger partial charge in [0.2, 0.25) is 5.91 Å². The van der Waals surface area contributed by atoms with Crippen LogP contribution in [-0.4, -0.2) is 24.5 Å². The molecule has 0 bridgehead atoms. The highest BCUT2D eigenvalue weighted by Gasteiger charge is 2.23. The van der Waals surface area contributed by atoms with Crippen LogP contribution in [0.5, 0.6) is 0 Å². The molecule has 4 heteroatoms.